The van der Waals surface area contributed by atoms with E-state index in [1.54, 1.807) is 6.07 Å². The first-order valence-corrected chi connectivity index (χ1v) is 5.67. The third-order valence-corrected chi connectivity index (χ3v) is 3.20. The Morgan fingerprint density at radius 1 is 1.56 bits per heavy atom. The lowest BCUT2D eigenvalue weighted by atomic mass is 9.98. The summed E-state index contributed by atoms with van der Waals surface area (Å²) >= 11 is 0. The minimum Gasteiger partial charge on any atom is -0.508 e. The Bertz CT molecular complexity index is 401. The van der Waals surface area contributed by atoms with Crippen LogP contribution in [0.4, 0.5) is 5.69 Å². The van der Waals surface area contributed by atoms with E-state index in [1.807, 2.05) is 12.1 Å². The molecule has 0 radical (unpaired) electrons. The van der Waals surface area contributed by atoms with Gasteiger partial charge in [0.25, 0.3) is 0 Å². The quantitative estimate of drug-likeness (QED) is 0.793. The molecule has 16 heavy (non-hydrogen) atoms. The van der Waals surface area contributed by atoms with E-state index in [0.717, 1.165) is 24.1 Å². The fourth-order valence-electron chi connectivity index (χ4n) is 2.43. The fraction of sp³-hybridized carbons (Fsp3) is 0.462. The van der Waals surface area contributed by atoms with Gasteiger partial charge < -0.3 is 14.8 Å². The predicted molar refractivity (Wildman–Crippen MR) is 64.0 cm³/mol. The average Bonchev–Trinajstić information content (AvgIpc) is 2.59. The van der Waals surface area contributed by atoms with Crippen LogP contribution in [-0.4, -0.2) is 24.0 Å². The summed E-state index contributed by atoms with van der Waals surface area (Å²) in [4.78, 5) is 12.9. The molecule has 0 saturated carbocycles. The molecule has 1 N–H and O–H groups in total. The number of fused-ring (bicyclic) bond motifs is 1. The Kier molecular flexibility index (Phi) is 2.86. The zero-order valence-electron chi connectivity index (χ0n) is 9.68. The average molecular weight is 219 g/mol. The number of carbonyl (C=O) groups excluding carboxylic acids is 1. The molecule has 86 valence electrons. The molecule has 1 aromatic rings. The monoisotopic (exact) mass is 219 g/mol. The number of phenolic OH excluding ortho intramolecular Hbond substituents is 1. The third-order valence-electron chi connectivity index (χ3n) is 3.20. The molecule has 1 aliphatic heterocycles. The van der Waals surface area contributed by atoms with Gasteiger partial charge in [0, 0.05) is 36.2 Å². The number of nitrogens with zero attached hydrogens (tertiary/aromatic N) is 1. The van der Waals surface area contributed by atoms with Crippen molar-refractivity contribution in [2.45, 2.75) is 32.2 Å². The Labute approximate surface area is 95.7 Å². The topological polar surface area (TPSA) is 40.5 Å². The van der Waals surface area contributed by atoms with Gasteiger partial charge >= 0.3 is 0 Å². The van der Waals surface area contributed by atoms with Gasteiger partial charge in [-0.05, 0) is 26.0 Å². The number of benzene rings is 1. The maximum atomic E-state index is 10.7. The van der Waals surface area contributed by atoms with Crippen LogP contribution < -0.4 is 4.90 Å². The first-order valence-electron chi connectivity index (χ1n) is 5.67. The molecule has 0 aliphatic carbocycles. The molecule has 0 fully saturated rings. The maximum Gasteiger partial charge on any atom is 0.121 e. The van der Waals surface area contributed by atoms with Crippen molar-refractivity contribution < 1.29 is 9.90 Å². The highest BCUT2D eigenvalue weighted by Gasteiger charge is 2.31. The summed E-state index contributed by atoms with van der Waals surface area (Å²) in [5.41, 5.74) is 2.00. The van der Waals surface area contributed by atoms with Gasteiger partial charge in [0.2, 0.25) is 0 Å². The summed E-state index contributed by atoms with van der Waals surface area (Å²) in [7, 11) is 0. The van der Waals surface area contributed by atoms with Crippen molar-refractivity contribution in [3.05, 3.63) is 23.8 Å². The molecule has 0 amide bonds. The van der Waals surface area contributed by atoms with Gasteiger partial charge in [-0.3, -0.25) is 0 Å². The van der Waals surface area contributed by atoms with E-state index in [4.69, 9.17) is 0 Å². The number of carbonyl (C=O) groups is 1. The van der Waals surface area contributed by atoms with E-state index in [1.165, 1.54) is 0 Å². The van der Waals surface area contributed by atoms with Gasteiger partial charge in [0.05, 0.1) is 0 Å². The lowest BCUT2D eigenvalue weighted by Gasteiger charge is -2.24. The summed E-state index contributed by atoms with van der Waals surface area (Å²) in [6.45, 7) is 5.07. The highest BCUT2D eigenvalue weighted by atomic mass is 16.3. The van der Waals surface area contributed by atoms with E-state index >= 15 is 0 Å². The van der Waals surface area contributed by atoms with Gasteiger partial charge in [-0.1, -0.05) is 6.07 Å². The molecule has 0 saturated heterocycles. The van der Waals surface area contributed by atoms with Crippen molar-refractivity contribution in [2.75, 3.05) is 11.4 Å². The molecule has 1 unspecified atom stereocenters. The summed E-state index contributed by atoms with van der Waals surface area (Å²) in [5.74, 6) is 0.448. The van der Waals surface area contributed by atoms with Crippen molar-refractivity contribution in [2.24, 2.45) is 0 Å². The second kappa shape index (κ2) is 4.16. The maximum absolute atomic E-state index is 10.7. The van der Waals surface area contributed by atoms with Gasteiger partial charge in [-0.2, -0.15) is 0 Å². The van der Waals surface area contributed by atoms with Crippen molar-refractivity contribution in [1.82, 2.24) is 0 Å². The molecular weight excluding hydrogens is 202 g/mol. The lowest BCUT2D eigenvalue weighted by molar-refractivity contribution is -0.108. The minimum atomic E-state index is 0.135. The number of phenols is 1. The molecule has 0 spiro atoms. The van der Waals surface area contributed by atoms with Crippen LogP contribution in [-0.2, 0) is 4.79 Å². The molecule has 3 nitrogen and oxygen atoms in total. The number of aldehydes is 1. The van der Waals surface area contributed by atoms with Crippen LogP contribution in [0.15, 0.2) is 18.2 Å². The van der Waals surface area contributed by atoms with Crippen LogP contribution >= 0.6 is 0 Å². The van der Waals surface area contributed by atoms with Crippen LogP contribution in [0.5, 0.6) is 5.75 Å². The molecule has 3 heteroatoms. The SMILES string of the molecule is CC(C)N1CC(CC=O)c2c(O)cccc21. The minimum absolute atomic E-state index is 0.135. The summed E-state index contributed by atoms with van der Waals surface area (Å²) in [6.07, 6.45) is 1.42. The van der Waals surface area contributed by atoms with Gasteiger partial charge in [0.15, 0.2) is 0 Å². The standard InChI is InChI=1S/C13H17NO2/c1-9(2)14-8-10(6-7-15)13-11(14)4-3-5-12(13)16/h3-5,7,9-10,16H,6,8H2,1-2H3. The van der Waals surface area contributed by atoms with Gasteiger partial charge in [-0.15, -0.1) is 0 Å². The second-order valence-electron chi connectivity index (χ2n) is 4.56. The molecule has 0 aromatic heterocycles. The van der Waals surface area contributed by atoms with Gasteiger partial charge in [0.1, 0.15) is 12.0 Å². The fourth-order valence-corrected chi connectivity index (χ4v) is 2.43. The molecule has 0 bridgehead atoms. The van der Waals surface area contributed by atoms with E-state index in [0.29, 0.717) is 18.2 Å². The second-order valence-corrected chi connectivity index (χ2v) is 4.56. The van der Waals surface area contributed by atoms with Crippen LogP contribution in [0, 0.1) is 0 Å². The lowest BCUT2D eigenvalue weighted by Crippen LogP contribution is -2.29. The van der Waals surface area contributed by atoms with Crippen LogP contribution in [0.3, 0.4) is 0 Å². The summed E-state index contributed by atoms with van der Waals surface area (Å²) in [5, 5.41) is 9.89. The Morgan fingerprint density at radius 2 is 2.31 bits per heavy atom. The number of aromatic hydroxyl groups is 1. The van der Waals surface area contributed by atoms with Crippen molar-refractivity contribution in [1.29, 1.82) is 0 Å². The molecular formula is C13H17NO2. The molecule has 2 rings (SSSR count). The van der Waals surface area contributed by atoms with E-state index in [9.17, 15) is 9.90 Å². The largest absolute Gasteiger partial charge is 0.508 e. The first kappa shape index (κ1) is 11.0. The summed E-state index contributed by atoms with van der Waals surface area (Å²) in [6, 6.07) is 5.95. The molecule has 1 heterocycles. The zero-order chi connectivity index (χ0) is 11.7. The van der Waals surface area contributed by atoms with Gasteiger partial charge in [-0.25, -0.2) is 0 Å². The highest BCUT2D eigenvalue weighted by molar-refractivity contribution is 5.68. The van der Waals surface area contributed by atoms with E-state index in [-0.39, 0.29) is 5.92 Å². The molecule has 1 atom stereocenters. The Hall–Kier alpha value is -1.51. The normalized spacial score (nSPS) is 18.9. The highest BCUT2D eigenvalue weighted by Crippen LogP contribution is 2.43. The van der Waals surface area contributed by atoms with Crippen molar-refractivity contribution in [3.8, 4) is 5.75 Å². The Balaban J connectivity index is 2.44. The number of hydrogen-bond donors (Lipinski definition) is 1. The third kappa shape index (κ3) is 1.66. The van der Waals surface area contributed by atoms with Crippen molar-refractivity contribution in [3.63, 3.8) is 0 Å². The number of rotatable bonds is 3. The Morgan fingerprint density at radius 3 is 2.94 bits per heavy atom. The number of anilines is 1. The van der Waals surface area contributed by atoms with Crippen LogP contribution in [0.2, 0.25) is 0 Å². The van der Waals surface area contributed by atoms with Crippen LogP contribution in [0.25, 0.3) is 0 Å². The van der Waals surface area contributed by atoms with E-state index in [2.05, 4.69) is 18.7 Å². The molecule has 1 aromatic carbocycles. The predicted octanol–water partition coefficient (Wildman–Crippen LogP) is 2.29. The smallest absolute Gasteiger partial charge is 0.121 e. The zero-order valence-corrected chi connectivity index (χ0v) is 9.68. The van der Waals surface area contributed by atoms with E-state index < -0.39 is 0 Å². The summed E-state index contributed by atoms with van der Waals surface area (Å²) < 4.78 is 0. The number of hydrogen-bond acceptors (Lipinski definition) is 3. The molecule has 1 aliphatic rings. The van der Waals surface area contributed by atoms with Crippen LogP contribution in [0.1, 0.15) is 31.7 Å². The first-order chi connectivity index (χ1) is 7.65. The van der Waals surface area contributed by atoms with Crippen molar-refractivity contribution >= 4 is 12.0 Å².